The van der Waals surface area contributed by atoms with E-state index in [1.807, 2.05) is 0 Å². The predicted octanol–water partition coefficient (Wildman–Crippen LogP) is 2.01. The number of pyridine rings is 1. The van der Waals surface area contributed by atoms with Gasteiger partial charge < -0.3 is 9.47 Å². The molecule has 114 valence electrons. The van der Waals surface area contributed by atoms with E-state index in [9.17, 15) is 9.59 Å². The molecule has 1 aromatic carbocycles. The van der Waals surface area contributed by atoms with Gasteiger partial charge in [-0.25, -0.2) is 19.1 Å². The summed E-state index contributed by atoms with van der Waals surface area (Å²) in [5, 5.41) is 7.05. The van der Waals surface area contributed by atoms with E-state index in [1.165, 1.54) is 17.6 Å². The zero-order valence-corrected chi connectivity index (χ0v) is 12.6. The molecule has 2 aromatic heterocycles. The second kappa shape index (κ2) is 5.34. The van der Waals surface area contributed by atoms with Crippen molar-refractivity contribution in [1.29, 1.82) is 0 Å². The number of carbonyl (C=O) groups excluding carboxylic acids is 1. The van der Waals surface area contributed by atoms with E-state index in [0.717, 1.165) is 0 Å². The minimum Gasteiger partial charge on any atom is -0.495 e. The predicted molar refractivity (Wildman–Crippen MR) is 80.8 cm³/mol. The summed E-state index contributed by atoms with van der Waals surface area (Å²) in [5.41, 5.74) is 0.627. The van der Waals surface area contributed by atoms with Crippen LogP contribution in [0.3, 0.4) is 0 Å². The topological polar surface area (TPSA) is 85.7 Å². The molecule has 3 rings (SSSR count). The summed E-state index contributed by atoms with van der Waals surface area (Å²) in [4.78, 5) is 24.1. The van der Waals surface area contributed by atoms with Crippen LogP contribution in [0.1, 0.15) is 17.3 Å². The number of H-pyrrole nitrogens is 1. The van der Waals surface area contributed by atoms with Crippen molar-refractivity contribution in [2.75, 3.05) is 13.7 Å². The highest BCUT2D eigenvalue weighted by Gasteiger charge is 2.18. The van der Waals surface area contributed by atoms with Crippen molar-refractivity contribution in [1.82, 2.24) is 14.6 Å². The van der Waals surface area contributed by atoms with Gasteiger partial charge in [-0.3, -0.25) is 0 Å². The molecule has 22 heavy (non-hydrogen) atoms. The number of halogens is 1. The van der Waals surface area contributed by atoms with Gasteiger partial charge >= 0.3 is 11.7 Å². The van der Waals surface area contributed by atoms with Gasteiger partial charge in [0.25, 0.3) is 0 Å². The van der Waals surface area contributed by atoms with E-state index >= 15 is 0 Å². The van der Waals surface area contributed by atoms with Crippen LogP contribution >= 0.6 is 11.6 Å². The lowest BCUT2D eigenvalue weighted by atomic mass is 10.1. The number of ether oxygens (including phenoxy) is 2. The highest BCUT2D eigenvalue weighted by molar-refractivity contribution is 6.33. The number of nitrogens with zero attached hydrogens (tertiary/aromatic N) is 2. The number of fused-ring (bicyclic) bond motifs is 3. The third-order valence-corrected chi connectivity index (χ3v) is 3.56. The van der Waals surface area contributed by atoms with Gasteiger partial charge in [0.15, 0.2) is 5.65 Å². The number of hydrogen-bond donors (Lipinski definition) is 1. The van der Waals surface area contributed by atoms with Gasteiger partial charge in [0.2, 0.25) is 0 Å². The van der Waals surface area contributed by atoms with Crippen LogP contribution in [0.2, 0.25) is 5.02 Å². The molecule has 0 aliphatic rings. The van der Waals surface area contributed by atoms with E-state index in [0.29, 0.717) is 32.9 Å². The van der Waals surface area contributed by atoms with E-state index in [-0.39, 0.29) is 6.61 Å². The fourth-order valence-corrected chi connectivity index (χ4v) is 2.56. The standard InChI is InChI=1S/C14H12ClN3O4/c1-3-22-13(19)8-5-12-16-17-14(20)18(12)10-6-9(15)11(21-2)4-7(8)10/h4-6H,3H2,1-2H3,(H,17,20). The average molecular weight is 322 g/mol. The largest absolute Gasteiger partial charge is 0.495 e. The van der Waals surface area contributed by atoms with Gasteiger partial charge in [-0.15, -0.1) is 0 Å². The van der Waals surface area contributed by atoms with Crippen molar-refractivity contribution in [3.05, 3.63) is 39.3 Å². The second-order valence-electron chi connectivity index (χ2n) is 4.50. The van der Waals surface area contributed by atoms with Crippen molar-refractivity contribution in [3.63, 3.8) is 0 Å². The zero-order valence-electron chi connectivity index (χ0n) is 11.8. The zero-order chi connectivity index (χ0) is 15.9. The first-order chi connectivity index (χ1) is 10.6. The van der Waals surface area contributed by atoms with Crippen molar-refractivity contribution < 1.29 is 14.3 Å². The number of rotatable bonds is 3. The summed E-state index contributed by atoms with van der Waals surface area (Å²) in [5.74, 6) is -0.106. The number of nitrogens with one attached hydrogen (secondary N) is 1. The molecule has 0 radical (unpaired) electrons. The molecule has 8 heteroatoms. The molecule has 2 heterocycles. The molecule has 0 saturated carbocycles. The number of methoxy groups -OCH3 is 1. The molecular weight excluding hydrogens is 310 g/mol. The summed E-state index contributed by atoms with van der Waals surface area (Å²) >= 11 is 6.13. The number of carbonyl (C=O) groups is 1. The van der Waals surface area contributed by atoms with Gasteiger partial charge in [-0.05, 0) is 25.1 Å². The average Bonchev–Trinajstić information content (AvgIpc) is 2.87. The minimum atomic E-state index is -0.505. The van der Waals surface area contributed by atoms with E-state index in [2.05, 4.69) is 10.2 Å². The number of benzene rings is 1. The molecule has 0 amide bonds. The Morgan fingerprint density at radius 3 is 2.86 bits per heavy atom. The Morgan fingerprint density at radius 2 is 2.18 bits per heavy atom. The molecule has 0 aliphatic heterocycles. The molecule has 0 saturated heterocycles. The van der Waals surface area contributed by atoms with Crippen LogP contribution in [0.4, 0.5) is 0 Å². The van der Waals surface area contributed by atoms with Crippen LogP contribution in [0.15, 0.2) is 23.0 Å². The molecule has 0 unspecified atom stereocenters. The lowest BCUT2D eigenvalue weighted by Gasteiger charge is -2.10. The third kappa shape index (κ3) is 2.10. The van der Waals surface area contributed by atoms with Gasteiger partial charge in [-0.2, -0.15) is 5.10 Å². The molecule has 0 fully saturated rings. The van der Waals surface area contributed by atoms with Crippen LogP contribution in [0.25, 0.3) is 16.6 Å². The highest BCUT2D eigenvalue weighted by atomic mass is 35.5. The smallest absolute Gasteiger partial charge is 0.348 e. The molecule has 0 spiro atoms. The van der Waals surface area contributed by atoms with Crippen molar-refractivity contribution in [2.45, 2.75) is 6.92 Å². The van der Waals surface area contributed by atoms with Gasteiger partial charge in [0.1, 0.15) is 5.75 Å². The first kappa shape index (κ1) is 14.4. The normalized spacial score (nSPS) is 11.0. The molecular formula is C14H12ClN3O4. The molecule has 1 N–H and O–H groups in total. The Morgan fingerprint density at radius 1 is 1.41 bits per heavy atom. The Bertz CT molecular complexity index is 945. The Kier molecular flexibility index (Phi) is 3.50. The summed E-state index contributed by atoms with van der Waals surface area (Å²) in [6, 6.07) is 4.65. The lowest BCUT2D eigenvalue weighted by Crippen LogP contribution is -2.13. The van der Waals surface area contributed by atoms with Crippen LogP contribution < -0.4 is 10.4 Å². The minimum absolute atomic E-state index is 0.240. The summed E-state index contributed by atoms with van der Waals surface area (Å²) < 4.78 is 11.6. The summed E-state index contributed by atoms with van der Waals surface area (Å²) in [6.45, 7) is 1.96. The van der Waals surface area contributed by atoms with E-state index in [4.69, 9.17) is 21.1 Å². The van der Waals surface area contributed by atoms with E-state index < -0.39 is 11.7 Å². The SMILES string of the molecule is CCOC(=O)c1cc2n[nH]c(=O)n2c2cc(Cl)c(OC)cc12. The van der Waals surface area contributed by atoms with Gasteiger partial charge in [0, 0.05) is 5.39 Å². The van der Waals surface area contributed by atoms with Crippen LogP contribution in [-0.2, 0) is 4.74 Å². The monoisotopic (exact) mass is 321 g/mol. The lowest BCUT2D eigenvalue weighted by molar-refractivity contribution is 0.0528. The Hall–Kier alpha value is -2.54. The molecule has 3 aromatic rings. The number of aromatic nitrogens is 3. The molecule has 0 bridgehead atoms. The summed E-state index contributed by atoms with van der Waals surface area (Å²) in [7, 11) is 1.47. The first-order valence-corrected chi connectivity index (χ1v) is 6.89. The van der Waals surface area contributed by atoms with E-state index in [1.54, 1.807) is 19.1 Å². The number of esters is 1. The quantitative estimate of drug-likeness (QED) is 0.746. The fraction of sp³-hybridized carbons (Fsp3) is 0.214. The molecule has 7 nitrogen and oxygen atoms in total. The van der Waals surface area contributed by atoms with Crippen molar-refractivity contribution in [2.24, 2.45) is 0 Å². The number of hydrogen-bond acceptors (Lipinski definition) is 5. The highest BCUT2D eigenvalue weighted by Crippen LogP contribution is 2.32. The first-order valence-electron chi connectivity index (χ1n) is 6.51. The maximum atomic E-state index is 12.2. The van der Waals surface area contributed by atoms with Crippen LogP contribution in [0.5, 0.6) is 5.75 Å². The molecule has 0 aliphatic carbocycles. The fourth-order valence-electron chi connectivity index (χ4n) is 2.32. The maximum Gasteiger partial charge on any atom is 0.348 e. The van der Waals surface area contributed by atoms with Crippen molar-refractivity contribution in [3.8, 4) is 5.75 Å². The van der Waals surface area contributed by atoms with Gasteiger partial charge in [-0.1, -0.05) is 11.6 Å². The third-order valence-electron chi connectivity index (χ3n) is 3.27. The Labute approximate surface area is 129 Å². The maximum absolute atomic E-state index is 12.2. The number of aromatic amines is 1. The summed E-state index contributed by atoms with van der Waals surface area (Å²) in [6.07, 6.45) is 0. The van der Waals surface area contributed by atoms with Crippen molar-refractivity contribution >= 4 is 34.1 Å². The van der Waals surface area contributed by atoms with Gasteiger partial charge in [0.05, 0.1) is 29.8 Å². The van der Waals surface area contributed by atoms with Crippen LogP contribution in [-0.4, -0.2) is 34.3 Å². The van der Waals surface area contributed by atoms with Crippen LogP contribution in [0, 0.1) is 0 Å². The Balaban J connectivity index is 2.47. The molecule has 0 atom stereocenters. The second-order valence-corrected chi connectivity index (χ2v) is 4.91.